The molecule has 0 fully saturated rings. The van der Waals surface area contributed by atoms with Crippen molar-refractivity contribution in [3.63, 3.8) is 0 Å². The molecule has 1 aromatic carbocycles. The molecule has 0 aromatic heterocycles. The summed E-state index contributed by atoms with van der Waals surface area (Å²) < 4.78 is 1.63. The van der Waals surface area contributed by atoms with Gasteiger partial charge in [-0.3, -0.25) is 10.2 Å². The van der Waals surface area contributed by atoms with Gasteiger partial charge < -0.3 is 5.32 Å². The first kappa shape index (κ1) is 13.5. The first-order valence-electron chi connectivity index (χ1n) is 4.72. The number of carbonyl (C=O) groups excluding carboxylic acids is 1. The number of amides is 1. The molecule has 0 heterocycles. The third-order valence-electron chi connectivity index (χ3n) is 1.86. The van der Waals surface area contributed by atoms with Crippen LogP contribution in [-0.2, 0) is 0 Å². The van der Waals surface area contributed by atoms with Gasteiger partial charge in [-0.2, -0.15) is 0 Å². The van der Waals surface area contributed by atoms with E-state index in [1.54, 1.807) is 6.07 Å². The molecule has 6 heteroatoms. The zero-order valence-corrected chi connectivity index (χ0v) is 12.1. The Kier molecular flexibility index (Phi) is 4.76. The van der Waals surface area contributed by atoms with Crippen LogP contribution in [0.4, 0.5) is 5.69 Å². The molecule has 0 aliphatic heterocycles. The number of hydrogen-bond acceptors (Lipinski definition) is 3. The molecule has 1 aromatic rings. The molecule has 4 nitrogen and oxygen atoms in total. The second kappa shape index (κ2) is 5.65. The molecule has 0 atom stereocenters. The van der Waals surface area contributed by atoms with E-state index in [1.165, 1.54) is 0 Å². The summed E-state index contributed by atoms with van der Waals surface area (Å²) >= 11 is 6.74. The maximum atomic E-state index is 11.6. The average Bonchev–Trinajstić information content (AvgIpc) is 2.20. The van der Waals surface area contributed by atoms with Crippen molar-refractivity contribution in [1.82, 2.24) is 5.43 Å². The van der Waals surface area contributed by atoms with Gasteiger partial charge in [-0.1, -0.05) is 15.9 Å². The van der Waals surface area contributed by atoms with Crippen LogP contribution in [-0.4, -0.2) is 11.9 Å². The predicted octanol–water partition coefficient (Wildman–Crippen LogP) is 2.64. The molecule has 0 radical (unpaired) electrons. The quantitative estimate of drug-likeness (QED) is 0.446. The zero-order chi connectivity index (χ0) is 12.3. The minimum Gasteiger partial charge on any atom is -0.381 e. The van der Waals surface area contributed by atoms with E-state index in [2.05, 4.69) is 42.6 Å². The van der Waals surface area contributed by atoms with Gasteiger partial charge in [0.1, 0.15) is 0 Å². The number of anilines is 1. The lowest BCUT2D eigenvalue weighted by Crippen LogP contribution is -2.31. The monoisotopic (exact) mass is 349 g/mol. The summed E-state index contributed by atoms with van der Waals surface area (Å²) in [5.74, 6) is 4.82. The number of carbonyl (C=O) groups is 1. The molecule has 1 rings (SSSR count). The second-order valence-corrected chi connectivity index (χ2v) is 5.35. The van der Waals surface area contributed by atoms with Crippen molar-refractivity contribution in [1.29, 1.82) is 0 Å². The molecule has 0 bridgehead atoms. The van der Waals surface area contributed by atoms with Gasteiger partial charge in [0.05, 0.1) is 11.3 Å². The molecule has 0 aliphatic rings. The molecule has 0 unspecified atom stereocenters. The van der Waals surface area contributed by atoms with Gasteiger partial charge in [0, 0.05) is 15.0 Å². The number of nitrogens with one attached hydrogen (secondary N) is 2. The molecule has 0 saturated carbocycles. The summed E-state index contributed by atoms with van der Waals surface area (Å²) in [6, 6.07) is 3.82. The summed E-state index contributed by atoms with van der Waals surface area (Å²) in [6.45, 7) is 4.00. The predicted molar refractivity (Wildman–Crippen MR) is 72.3 cm³/mol. The molecule has 1 amide bonds. The molecule has 0 saturated heterocycles. The summed E-state index contributed by atoms with van der Waals surface area (Å²) in [4.78, 5) is 11.6. The number of hydrogen-bond donors (Lipinski definition) is 3. The highest BCUT2D eigenvalue weighted by molar-refractivity contribution is 9.11. The Bertz CT molecular complexity index is 407. The number of hydrazine groups is 1. The largest absolute Gasteiger partial charge is 0.381 e. The average molecular weight is 351 g/mol. The molecule has 4 N–H and O–H groups in total. The van der Waals surface area contributed by atoms with Crippen LogP contribution < -0.4 is 16.6 Å². The summed E-state index contributed by atoms with van der Waals surface area (Å²) in [6.07, 6.45) is 0. The third kappa shape index (κ3) is 3.20. The van der Waals surface area contributed by atoms with E-state index in [9.17, 15) is 4.79 Å². The summed E-state index contributed by atoms with van der Waals surface area (Å²) in [7, 11) is 0. The SMILES string of the molecule is CC(C)Nc1c(Br)cc(Br)cc1C(=O)NN. The van der Waals surface area contributed by atoms with Gasteiger partial charge >= 0.3 is 0 Å². The van der Waals surface area contributed by atoms with E-state index >= 15 is 0 Å². The van der Waals surface area contributed by atoms with E-state index in [1.807, 2.05) is 19.9 Å². The zero-order valence-electron chi connectivity index (χ0n) is 8.97. The van der Waals surface area contributed by atoms with Crippen LogP contribution in [0.2, 0.25) is 0 Å². The Balaban J connectivity index is 3.26. The smallest absolute Gasteiger partial charge is 0.267 e. The Morgan fingerprint density at radius 1 is 1.38 bits per heavy atom. The Morgan fingerprint density at radius 2 is 2.00 bits per heavy atom. The number of nitrogen functional groups attached to an aromatic ring is 1. The highest BCUT2D eigenvalue weighted by Crippen LogP contribution is 2.31. The fraction of sp³-hybridized carbons (Fsp3) is 0.300. The second-order valence-electron chi connectivity index (χ2n) is 3.58. The topological polar surface area (TPSA) is 67.2 Å². The lowest BCUT2D eigenvalue weighted by atomic mass is 10.1. The van der Waals surface area contributed by atoms with E-state index in [0.29, 0.717) is 5.56 Å². The molecule has 88 valence electrons. The first-order chi connectivity index (χ1) is 7.45. The van der Waals surface area contributed by atoms with E-state index < -0.39 is 0 Å². The summed E-state index contributed by atoms with van der Waals surface area (Å²) in [5, 5.41) is 3.20. The van der Waals surface area contributed by atoms with Gasteiger partial charge in [0.25, 0.3) is 5.91 Å². The van der Waals surface area contributed by atoms with Crippen LogP contribution in [0.5, 0.6) is 0 Å². The molecule has 0 aliphatic carbocycles. The van der Waals surface area contributed by atoms with Crippen molar-refractivity contribution in [2.75, 3.05) is 5.32 Å². The fourth-order valence-electron chi connectivity index (χ4n) is 1.27. The summed E-state index contributed by atoms with van der Waals surface area (Å²) in [5.41, 5.74) is 3.36. The van der Waals surface area contributed by atoms with Crippen LogP contribution in [0.1, 0.15) is 24.2 Å². The maximum absolute atomic E-state index is 11.6. The van der Waals surface area contributed by atoms with E-state index in [4.69, 9.17) is 5.84 Å². The van der Waals surface area contributed by atoms with E-state index in [-0.39, 0.29) is 11.9 Å². The lowest BCUT2D eigenvalue weighted by molar-refractivity contribution is 0.0954. The van der Waals surface area contributed by atoms with Crippen LogP contribution >= 0.6 is 31.9 Å². The molecule has 0 spiro atoms. The number of rotatable bonds is 3. The molecular formula is C10H13Br2N3O. The van der Waals surface area contributed by atoms with Gasteiger partial charge in [-0.05, 0) is 41.9 Å². The Hall–Kier alpha value is -0.590. The third-order valence-corrected chi connectivity index (χ3v) is 2.95. The number of halogens is 2. The van der Waals surface area contributed by atoms with Crippen molar-refractivity contribution in [2.24, 2.45) is 5.84 Å². The van der Waals surface area contributed by atoms with E-state index in [0.717, 1.165) is 14.6 Å². The van der Waals surface area contributed by atoms with Crippen LogP contribution in [0.25, 0.3) is 0 Å². The van der Waals surface area contributed by atoms with Gasteiger partial charge in [0.2, 0.25) is 0 Å². The van der Waals surface area contributed by atoms with Gasteiger partial charge in [-0.25, -0.2) is 5.84 Å². The maximum Gasteiger partial charge on any atom is 0.267 e. The minimum atomic E-state index is -0.329. The highest BCUT2D eigenvalue weighted by Gasteiger charge is 2.15. The molecular weight excluding hydrogens is 338 g/mol. The first-order valence-corrected chi connectivity index (χ1v) is 6.30. The van der Waals surface area contributed by atoms with Gasteiger partial charge in [0.15, 0.2) is 0 Å². The van der Waals surface area contributed by atoms with Crippen molar-refractivity contribution in [3.8, 4) is 0 Å². The minimum absolute atomic E-state index is 0.224. The Labute approximate surface area is 111 Å². The molecule has 16 heavy (non-hydrogen) atoms. The van der Waals surface area contributed by atoms with Crippen LogP contribution in [0.15, 0.2) is 21.1 Å². The fourth-order valence-corrected chi connectivity index (χ4v) is 2.61. The number of nitrogens with two attached hydrogens (primary N) is 1. The highest BCUT2D eigenvalue weighted by atomic mass is 79.9. The Morgan fingerprint density at radius 3 is 2.50 bits per heavy atom. The van der Waals surface area contributed by atoms with Crippen molar-refractivity contribution >= 4 is 43.5 Å². The van der Waals surface area contributed by atoms with Crippen molar-refractivity contribution in [3.05, 3.63) is 26.6 Å². The number of benzene rings is 1. The van der Waals surface area contributed by atoms with Crippen LogP contribution in [0, 0.1) is 0 Å². The van der Waals surface area contributed by atoms with Crippen LogP contribution in [0.3, 0.4) is 0 Å². The standard InChI is InChI=1S/C10H13Br2N3O/c1-5(2)14-9-7(10(16)15-13)3-6(11)4-8(9)12/h3-5,14H,13H2,1-2H3,(H,15,16). The van der Waals surface area contributed by atoms with Crippen molar-refractivity contribution in [2.45, 2.75) is 19.9 Å². The van der Waals surface area contributed by atoms with Gasteiger partial charge in [-0.15, -0.1) is 0 Å². The van der Waals surface area contributed by atoms with Crippen molar-refractivity contribution < 1.29 is 4.79 Å². The normalized spacial score (nSPS) is 10.4. The lowest BCUT2D eigenvalue weighted by Gasteiger charge is -2.16.